The SMILES string of the molecule is CCN(C)CCC(C)CSC. The Hall–Kier alpha value is 0.310. The van der Waals surface area contributed by atoms with Crippen LogP contribution in [0.1, 0.15) is 20.3 Å². The minimum atomic E-state index is 0.874. The van der Waals surface area contributed by atoms with Gasteiger partial charge in [0.25, 0.3) is 0 Å². The molecule has 1 atom stereocenters. The molecular formula is C9H21NS. The lowest BCUT2D eigenvalue weighted by molar-refractivity contribution is 0.327. The van der Waals surface area contributed by atoms with Crippen molar-refractivity contribution in [3.05, 3.63) is 0 Å². The van der Waals surface area contributed by atoms with Crippen molar-refractivity contribution < 1.29 is 0 Å². The summed E-state index contributed by atoms with van der Waals surface area (Å²) in [6.45, 7) is 6.96. The molecule has 0 aromatic carbocycles. The zero-order chi connectivity index (χ0) is 8.69. The first kappa shape index (κ1) is 11.3. The number of rotatable bonds is 6. The molecule has 1 unspecified atom stereocenters. The van der Waals surface area contributed by atoms with Crippen molar-refractivity contribution in [1.29, 1.82) is 0 Å². The molecule has 1 nitrogen and oxygen atoms in total. The van der Waals surface area contributed by atoms with Crippen LogP contribution in [0.15, 0.2) is 0 Å². The maximum Gasteiger partial charge on any atom is -0.00191 e. The minimum Gasteiger partial charge on any atom is -0.307 e. The zero-order valence-corrected chi connectivity index (χ0v) is 9.08. The Kier molecular flexibility index (Phi) is 7.18. The van der Waals surface area contributed by atoms with Gasteiger partial charge in [-0.15, -0.1) is 0 Å². The van der Waals surface area contributed by atoms with Gasteiger partial charge in [0, 0.05) is 0 Å². The van der Waals surface area contributed by atoms with E-state index in [-0.39, 0.29) is 0 Å². The van der Waals surface area contributed by atoms with Crippen LogP contribution in [-0.2, 0) is 0 Å². The van der Waals surface area contributed by atoms with Gasteiger partial charge in [0.15, 0.2) is 0 Å². The topological polar surface area (TPSA) is 3.24 Å². The van der Waals surface area contributed by atoms with Crippen LogP contribution in [0.4, 0.5) is 0 Å². The van der Waals surface area contributed by atoms with Crippen LogP contribution < -0.4 is 0 Å². The highest BCUT2D eigenvalue weighted by Crippen LogP contribution is 2.08. The van der Waals surface area contributed by atoms with Crippen molar-refractivity contribution in [2.75, 3.05) is 32.1 Å². The molecule has 0 bridgehead atoms. The monoisotopic (exact) mass is 175 g/mol. The van der Waals surface area contributed by atoms with Crippen molar-refractivity contribution in [3.63, 3.8) is 0 Å². The molecule has 0 aliphatic rings. The Morgan fingerprint density at radius 3 is 2.55 bits per heavy atom. The molecular weight excluding hydrogens is 154 g/mol. The van der Waals surface area contributed by atoms with E-state index < -0.39 is 0 Å². The second kappa shape index (κ2) is 6.99. The summed E-state index contributed by atoms with van der Waals surface area (Å²) < 4.78 is 0. The quantitative estimate of drug-likeness (QED) is 0.609. The highest BCUT2D eigenvalue weighted by molar-refractivity contribution is 7.98. The third-order valence-corrected chi connectivity index (χ3v) is 2.90. The number of thioether (sulfide) groups is 1. The largest absolute Gasteiger partial charge is 0.307 e. The van der Waals surface area contributed by atoms with Crippen LogP contribution in [-0.4, -0.2) is 37.0 Å². The Bertz CT molecular complexity index is 85.6. The standard InChI is InChI=1S/C9H21NS/c1-5-10(3)7-6-9(2)8-11-4/h9H,5-8H2,1-4H3. The second-order valence-electron chi connectivity index (χ2n) is 3.25. The second-order valence-corrected chi connectivity index (χ2v) is 4.16. The Labute approximate surface area is 75.5 Å². The maximum absolute atomic E-state index is 2.37. The average molecular weight is 175 g/mol. The molecule has 11 heavy (non-hydrogen) atoms. The van der Waals surface area contributed by atoms with Gasteiger partial charge >= 0.3 is 0 Å². The van der Waals surface area contributed by atoms with Crippen molar-refractivity contribution in [2.24, 2.45) is 5.92 Å². The summed E-state index contributed by atoms with van der Waals surface area (Å²) in [4.78, 5) is 2.37. The van der Waals surface area contributed by atoms with Crippen molar-refractivity contribution in [1.82, 2.24) is 4.90 Å². The molecule has 0 fully saturated rings. The Morgan fingerprint density at radius 1 is 1.45 bits per heavy atom. The van der Waals surface area contributed by atoms with Crippen LogP contribution >= 0.6 is 11.8 Å². The lowest BCUT2D eigenvalue weighted by Crippen LogP contribution is -2.21. The molecule has 0 rings (SSSR count). The van der Waals surface area contributed by atoms with E-state index >= 15 is 0 Å². The predicted octanol–water partition coefficient (Wildman–Crippen LogP) is 2.33. The van der Waals surface area contributed by atoms with E-state index in [9.17, 15) is 0 Å². The van der Waals surface area contributed by atoms with E-state index in [0.29, 0.717) is 0 Å². The first-order valence-electron chi connectivity index (χ1n) is 4.38. The zero-order valence-electron chi connectivity index (χ0n) is 8.26. The van der Waals surface area contributed by atoms with Gasteiger partial charge in [-0.3, -0.25) is 0 Å². The van der Waals surface area contributed by atoms with Gasteiger partial charge in [-0.2, -0.15) is 11.8 Å². The first-order valence-corrected chi connectivity index (χ1v) is 5.77. The molecule has 0 amide bonds. The Morgan fingerprint density at radius 2 is 2.09 bits per heavy atom. The summed E-state index contributed by atoms with van der Waals surface area (Å²) in [5, 5.41) is 0. The van der Waals surface area contributed by atoms with Gasteiger partial charge in [0.2, 0.25) is 0 Å². The summed E-state index contributed by atoms with van der Waals surface area (Å²) in [5.41, 5.74) is 0. The molecule has 0 saturated heterocycles. The third kappa shape index (κ3) is 6.70. The van der Waals surface area contributed by atoms with Gasteiger partial charge in [0.1, 0.15) is 0 Å². The van der Waals surface area contributed by atoms with Crippen LogP contribution in [0.5, 0.6) is 0 Å². The molecule has 2 heteroatoms. The average Bonchev–Trinajstić information content (AvgIpc) is 2.01. The molecule has 0 heterocycles. The van der Waals surface area contributed by atoms with Crippen LogP contribution in [0, 0.1) is 5.92 Å². The lowest BCUT2D eigenvalue weighted by Gasteiger charge is -2.16. The van der Waals surface area contributed by atoms with Crippen LogP contribution in [0.25, 0.3) is 0 Å². The minimum absolute atomic E-state index is 0.874. The van der Waals surface area contributed by atoms with Crippen molar-refractivity contribution >= 4 is 11.8 Å². The summed E-state index contributed by atoms with van der Waals surface area (Å²) in [5.74, 6) is 2.18. The van der Waals surface area contributed by atoms with Gasteiger partial charge in [-0.1, -0.05) is 13.8 Å². The van der Waals surface area contributed by atoms with E-state index in [1.165, 1.54) is 25.3 Å². The van der Waals surface area contributed by atoms with E-state index in [0.717, 1.165) is 5.92 Å². The van der Waals surface area contributed by atoms with Crippen LogP contribution in [0.2, 0.25) is 0 Å². The molecule has 0 N–H and O–H groups in total. The van der Waals surface area contributed by atoms with E-state index in [1.807, 2.05) is 11.8 Å². The number of hydrogen-bond acceptors (Lipinski definition) is 2. The highest BCUT2D eigenvalue weighted by atomic mass is 32.2. The normalized spacial score (nSPS) is 13.9. The van der Waals surface area contributed by atoms with Gasteiger partial charge in [-0.05, 0) is 44.5 Å². The molecule has 0 aliphatic heterocycles. The lowest BCUT2D eigenvalue weighted by atomic mass is 10.1. The molecule has 0 aromatic rings. The van der Waals surface area contributed by atoms with E-state index in [2.05, 4.69) is 32.1 Å². The van der Waals surface area contributed by atoms with Crippen molar-refractivity contribution in [3.8, 4) is 0 Å². The molecule has 0 aliphatic carbocycles. The fourth-order valence-electron chi connectivity index (χ4n) is 0.967. The van der Waals surface area contributed by atoms with Gasteiger partial charge < -0.3 is 4.90 Å². The molecule has 0 saturated carbocycles. The van der Waals surface area contributed by atoms with E-state index in [4.69, 9.17) is 0 Å². The number of nitrogens with zero attached hydrogens (tertiary/aromatic N) is 1. The number of hydrogen-bond donors (Lipinski definition) is 0. The van der Waals surface area contributed by atoms with Gasteiger partial charge in [-0.25, -0.2) is 0 Å². The van der Waals surface area contributed by atoms with Crippen LogP contribution in [0.3, 0.4) is 0 Å². The summed E-state index contributed by atoms with van der Waals surface area (Å²) in [6.07, 6.45) is 3.52. The van der Waals surface area contributed by atoms with Gasteiger partial charge in [0.05, 0.1) is 0 Å². The summed E-state index contributed by atoms with van der Waals surface area (Å²) >= 11 is 1.95. The van der Waals surface area contributed by atoms with E-state index in [1.54, 1.807) is 0 Å². The smallest absolute Gasteiger partial charge is 0.00191 e. The molecule has 0 radical (unpaired) electrons. The summed E-state index contributed by atoms with van der Waals surface area (Å²) in [6, 6.07) is 0. The highest BCUT2D eigenvalue weighted by Gasteiger charge is 2.01. The predicted molar refractivity (Wildman–Crippen MR) is 55.3 cm³/mol. The fourth-order valence-corrected chi connectivity index (χ4v) is 1.70. The molecule has 0 spiro atoms. The first-order chi connectivity index (χ1) is 5.20. The van der Waals surface area contributed by atoms with Crippen molar-refractivity contribution in [2.45, 2.75) is 20.3 Å². The summed E-state index contributed by atoms with van der Waals surface area (Å²) in [7, 11) is 2.19. The molecule has 0 aromatic heterocycles. The Balaban J connectivity index is 3.22. The fraction of sp³-hybridized carbons (Fsp3) is 1.00. The molecule has 68 valence electrons. The third-order valence-electron chi connectivity index (χ3n) is 1.99. The maximum atomic E-state index is 2.37.